The first kappa shape index (κ1) is 15.5. The van der Waals surface area contributed by atoms with Crippen molar-refractivity contribution in [3.63, 3.8) is 0 Å². The summed E-state index contributed by atoms with van der Waals surface area (Å²) in [5.74, 6) is -1.19. The van der Waals surface area contributed by atoms with Crippen molar-refractivity contribution in [3.8, 4) is 0 Å². The third-order valence-corrected chi connectivity index (χ3v) is 4.73. The van der Waals surface area contributed by atoms with Crippen molar-refractivity contribution in [1.82, 2.24) is 5.32 Å². The van der Waals surface area contributed by atoms with E-state index in [1.54, 1.807) is 0 Å². The van der Waals surface area contributed by atoms with Gasteiger partial charge in [-0.25, -0.2) is 4.79 Å². The Morgan fingerprint density at radius 3 is 2.33 bits per heavy atom. The molecule has 0 unspecified atom stereocenters. The lowest BCUT2D eigenvalue weighted by Crippen LogP contribution is -2.55. The van der Waals surface area contributed by atoms with Gasteiger partial charge in [0.1, 0.15) is 6.04 Å². The normalized spacial score (nSPS) is 19.1. The van der Waals surface area contributed by atoms with Crippen LogP contribution >= 0.6 is 0 Å². The Kier molecular flexibility index (Phi) is 4.66. The number of benzene rings is 1. The lowest BCUT2D eigenvalue weighted by atomic mass is 9.63. The molecule has 1 amide bonds. The molecule has 4 heteroatoms. The van der Waals surface area contributed by atoms with Gasteiger partial charge in [-0.3, -0.25) is 4.79 Å². The highest BCUT2D eigenvalue weighted by molar-refractivity contribution is 5.92. The van der Waals surface area contributed by atoms with Gasteiger partial charge in [-0.1, -0.05) is 57.0 Å². The molecule has 0 spiro atoms. The molecule has 0 bridgehead atoms. The standard InChI is InChI=1S/C17H23NO3/c1-3-12(2)14(15(19)20)18-16(21)17(10-7-11-17)13-8-5-4-6-9-13/h4-6,8-9,12,14H,3,7,10-11H2,1-2H3,(H,18,21)(H,19,20)/t12-,14-/m0/s1. The maximum absolute atomic E-state index is 12.7. The molecular weight excluding hydrogens is 266 g/mol. The van der Waals surface area contributed by atoms with Crippen molar-refractivity contribution in [2.24, 2.45) is 5.92 Å². The summed E-state index contributed by atoms with van der Waals surface area (Å²) in [6.07, 6.45) is 3.30. The summed E-state index contributed by atoms with van der Waals surface area (Å²) >= 11 is 0. The Labute approximate surface area is 125 Å². The van der Waals surface area contributed by atoms with Gasteiger partial charge in [-0.15, -0.1) is 0 Å². The number of carboxylic acid groups (broad SMARTS) is 1. The van der Waals surface area contributed by atoms with Crippen molar-refractivity contribution in [3.05, 3.63) is 35.9 Å². The zero-order valence-corrected chi connectivity index (χ0v) is 12.6. The smallest absolute Gasteiger partial charge is 0.326 e. The Bertz CT molecular complexity index is 508. The van der Waals surface area contributed by atoms with Gasteiger partial charge in [-0.2, -0.15) is 0 Å². The summed E-state index contributed by atoms with van der Waals surface area (Å²) in [5, 5.41) is 12.1. The SMILES string of the molecule is CC[C@H](C)[C@H](NC(=O)C1(c2ccccc2)CCC1)C(=O)O. The molecule has 2 atom stereocenters. The molecule has 1 aliphatic carbocycles. The van der Waals surface area contributed by atoms with Crippen LogP contribution in [0.5, 0.6) is 0 Å². The van der Waals surface area contributed by atoms with Crippen LogP contribution in [0.2, 0.25) is 0 Å². The highest BCUT2D eigenvalue weighted by Gasteiger charge is 2.46. The Balaban J connectivity index is 2.19. The molecule has 1 aliphatic rings. The third kappa shape index (κ3) is 2.94. The number of amides is 1. The van der Waals surface area contributed by atoms with Crippen LogP contribution in [0.15, 0.2) is 30.3 Å². The topological polar surface area (TPSA) is 66.4 Å². The number of nitrogens with one attached hydrogen (secondary N) is 1. The maximum Gasteiger partial charge on any atom is 0.326 e. The van der Waals surface area contributed by atoms with Gasteiger partial charge < -0.3 is 10.4 Å². The molecule has 0 aromatic heterocycles. The van der Waals surface area contributed by atoms with Crippen LogP contribution in [0.4, 0.5) is 0 Å². The molecule has 0 saturated heterocycles. The number of hydrogen-bond acceptors (Lipinski definition) is 2. The van der Waals surface area contributed by atoms with Crippen molar-refractivity contribution in [1.29, 1.82) is 0 Å². The van der Waals surface area contributed by atoms with Gasteiger partial charge in [-0.05, 0) is 24.3 Å². The molecule has 0 aliphatic heterocycles. The summed E-state index contributed by atoms with van der Waals surface area (Å²) in [5.41, 5.74) is 0.449. The number of carbonyl (C=O) groups excluding carboxylic acids is 1. The average molecular weight is 289 g/mol. The van der Waals surface area contributed by atoms with Crippen LogP contribution < -0.4 is 5.32 Å². The van der Waals surface area contributed by atoms with E-state index in [9.17, 15) is 14.7 Å². The second-order valence-electron chi connectivity index (χ2n) is 5.98. The second-order valence-corrected chi connectivity index (χ2v) is 5.98. The van der Waals surface area contributed by atoms with Gasteiger partial charge in [0, 0.05) is 0 Å². The third-order valence-electron chi connectivity index (χ3n) is 4.73. The average Bonchev–Trinajstić information content (AvgIpc) is 2.43. The van der Waals surface area contributed by atoms with Crippen LogP contribution in [0.1, 0.15) is 45.1 Å². The number of carboxylic acids is 1. The molecule has 0 radical (unpaired) electrons. The zero-order valence-electron chi connectivity index (χ0n) is 12.6. The second kappa shape index (κ2) is 6.29. The quantitative estimate of drug-likeness (QED) is 0.846. The molecule has 21 heavy (non-hydrogen) atoms. The van der Waals surface area contributed by atoms with Crippen LogP contribution in [-0.2, 0) is 15.0 Å². The van der Waals surface area contributed by atoms with Crippen LogP contribution in [0.25, 0.3) is 0 Å². The molecule has 4 nitrogen and oxygen atoms in total. The zero-order chi connectivity index (χ0) is 15.5. The number of hydrogen-bond donors (Lipinski definition) is 2. The summed E-state index contributed by atoms with van der Waals surface area (Å²) in [6.45, 7) is 3.79. The largest absolute Gasteiger partial charge is 0.480 e. The minimum Gasteiger partial charge on any atom is -0.480 e. The van der Waals surface area contributed by atoms with Gasteiger partial charge in [0.05, 0.1) is 5.41 Å². The summed E-state index contributed by atoms with van der Waals surface area (Å²) < 4.78 is 0. The first-order valence-electron chi connectivity index (χ1n) is 7.60. The molecule has 114 valence electrons. The highest BCUT2D eigenvalue weighted by atomic mass is 16.4. The van der Waals surface area contributed by atoms with Gasteiger partial charge in [0.25, 0.3) is 0 Å². The molecule has 1 saturated carbocycles. The fourth-order valence-corrected chi connectivity index (χ4v) is 2.90. The Morgan fingerprint density at radius 1 is 1.29 bits per heavy atom. The van der Waals surface area contributed by atoms with Gasteiger partial charge in [0.2, 0.25) is 5.91 Å². The van der Waals surface area contributed by atoms with Crippen LogP contribution in [0.3, 0.4) is 0 Å². The van der Waals surface area contributed by atoms with E-state index in [0.717, 1.165) is 31.2 Å². The highest BCUT2D eigenvalue weighted by Crippen LogP contribution is 2.44. The predicted octanol–water partition coefficient (Wildman–Crippen LogP) is 2.72. The van der Waals surface area contributed by atoms with Gasteiger partial charge >= 0.3 is 5.97 Å². The molecule has 0 heterocycles. The molecule has 1 aromatic rings. The summed E-state index contributed by atoms with van der Waals surface area (Å²) in [4.78, 5) is 24.1. The monoisotopic (exact) mass is 289 g/mol. The minimum atomic E-state index is -0.958. The number of aliphatic carboxylic acids is 1. The Morgan fingerprint density at radius 2 is 1.90 bits per heavy atom. The lowest BCUT2D eigenvalue weighted by Gasteiger charge is -2.41. The molecule has 1 aromatic carbocycles. The first-order chi connectivity index (χ1) is 10.0. The van der Waals surface area contributed by atoms with Crippen molar-refractivity contribution < 1.29 is 14.7 Å². The summed E-state index contributed by atoms with van der Waals surface area (Å²) in [6, 6.07) is 8.87. The lowest BCUT2D eigenvalue weighted by molar-refractivity contribution is -0.145. The maximum atomic E-state index is 12.7. The van der Waals surface area contributed by atoms with Crippen molar-refractivity contribution in [2.75, 3.05) is 0 Å². The molecule has 2 N–H and O–H groups in total. The van der Waals surface area contributed by atoms with Gasteiger partial charge in [0.15, 0.2) is 0 Å². The van der Waals surface area contributed by atoms with E-state index in [-0.39, 0.29) is 11.8 Å². The van der Waals surface area contributed by atoms with E-state index in [0.29, 0.717) is 0 Å². The fourth-order valence-electron chi connectivity index (χ4n) is 2.90. The van der Waals surface area contributed by atoms with Crippen molar-refractivity contribution in [2.45, 2.75) is 51.0 Å². The first-order valence-corrected chi connectivity index (χ1v) is 7.60. The van der Waals surface area contributed by atoms with E-state index in [1.807, 2.05) is 44.2 Å². The Hall–Kier alpha value is -1.84. The number of carbonyl (C=O) groups is 2. The number of rotatable bonds is 6. The molecule has 2 rings (SSSR count). The molecule has 1 fully saturated rings. The minimum absolute atomic E-state index is 0.0839. The molecular formula is C17H23NO3. The van der Waals surface area contributed by atoms with Crippen LogP contribution in [0, 0.1) is 5.92 Å². The van der Waals surface area contributed by atoms with E-state index >= 15 is 0 Å². The van der Waals surface area contributed by atoms with E-state index < -0.39 is 17.4 Å². The van der Waals surface area contributed by atoms with Crippen LogP contribution in [-0.4, -0.2) is 23.0 Å². The van der Waals surface area contributed by atoms with E-state index in [1.165, 1.54) is 0 Å². The predicted molar refractivity (Wildman–Crippen MR) is 81.0 cm³/mol. The van der Waals surface area contributed by atoms with Crippen molar-refractivity contribution >= 4 is 11.9 Å². The van der Waals surface area contributed by atoms with E-state index in [2.05, 4.69) is 5.32 Å². The fraction of sp³-hybridized carbons (Fsp3) is 0.529. The van der Waals surface area contributed by atoms with E-state index in [4.69, 9.17) is 0 Å². The summed E-state index contributed by atoms with van der Waals surface area (Å²) in [7, 11) is 0.